The van der Waals surface area contributed by atoms with Crippen LogP contribution in [0.1, 0.15) is 69.2 Å². The van der Waals surface area contributed by atoms with Crippen LogP contribution in [-0.4, -0.2) is 58.3 Å². The highest BCUT2D eigenvalue weighted by Gasteiger charge is 2.31. The summed E-state index contributed by atoms with van der Waals surface area (Å²) in [5.41, 5.74) is 1.50. The molecule has 4 rings (SSSR count). The number of nitrogens with zero attached hydrogens (tertiary/aromatic N) is 3. The number of hydrogen-bond acceptors (Lipinski definition) is 4. The van der Waals surface area contributed by atoms with Crippen LogP contribution >= 0.6 is 0 Å². The van der Waals surface area contributed by atoms with E-state index >= 15 is 0 Å². The van der Waals surface area contributed by atoms with Crippen molar-refractivity contribution in [3.05, 3.63) is 36.3 Å². The number of carbonyl (C=O) groups excluding carboxylic acids is 2. The zero-order chi connectivity index (χ0) is 23.2. The second kappa shape index (κ2) is 11.1. The van der Waals surface area contributed by atoms with E-state index in [0.29, 0.717) is 35.8 Å². The van der Waals surface area contributed by atoms with E-state index in [2.05, 4.69) is 34.4 Å². The summed E-state index contributed by atoms with van der Waals surface area (Å²) in [6, 6.07) is 3.70. The first-order chi connectivity index (χ1) is 16.0. The fourth-order valence-electron chi connectivity index (χ4n) is 5.24. The van der Waals surface area contributed by atoms with Crippen molar-refractivity contribution in [2.75, 3.05) is 26.2 Å². The van der Waals surface area contributed by atoms with E-state index in [1.54, 1.807) is 6.20 Å². The second-order valence-electron chi connectivity index (χ2n) is 10.2. The molecule has 7 heteroatoms. The normalized spacial score (nSPS) is 22.1. The smallest absolute Gasteiger partial charge is 0.252 e. The van der Waals surface area contributed by atoms with Gasteiger partial charge in [-0.2, -0.15) is 0 Å². The van der Waals surface area contributed by atoms with Crippen molar-refractivity contribution in [2.24, 2.45) is 17.8 Å². The van der Waals surface area contributed by atoms with Crippen LogP contribution in [0.5, 0.6) is 0 Å². The fraction of sp³-hybridized carbons (Fsp3) is 0.654. The van der Waals surface area contributed by atoms with Gasteiger partial charge in [-0.25, -0.2) is 4.98 Å². The largest absolute Gasteiger partial charge is 0.352 e. The summed E-state index contributed by atoms with van der Waals surface area (Å²) in [7, 11) is 0. The number of amides is 2. The average molecular weight is 454 g/mol. The Labute approximate surface area is 197 Å². The molecule has 2 aromatic heterocycles. The van der Waals surface area contributed by atoms with E-state index in [-0.39, 0.29) is 11.9 Å². The molecule has 0 aromatic carbocycles. The Morgan fingerprint density at radius 3 is 2.70 bits per heavy atom. The third-order valence-corrected chi connectivity index (χ3v) is 7.60. The molecular weight excluding hydrogens is 414 g/mol. The van der Waals surface area contributed by atoms with E-state index in [9.17, 15) is 9.59 Å². The van der Waals surface area contributed by atoms with E-state index < -0.39 is 0 Å². The number of likely N-dealkylation sites (tertiary alicyclic amines) is 1. The van der Waals surface area contributed by atoms with Crippen LogP contribution in [0.4, 0.5) is 0 Å². The number of piperidine rings is 2. The standard InChI is InChI=1S/C26H39N5O2/c1-19(2)21-6-8-23(29-17-21)26(33)30-14-10-20(11-15-30)5-3-4-12-28-25(32)22-7-9-24-27-13-16-31(24)18-22/h7,9,13,16,18-21,23,29H,3-6,8,10-12,14-15,17H2,1-2H3,(H,28,32). The van der Waals surface area contributed by atoms with Gasteiger partial charge in [0.25, 0.3) is 5.91 Å². The molecule has 0 spiro atoms. The summed E-state index contributed by atoms with van der Waals surface area (Å²) in [5.74, 6) is 2.35. The van der Waals surface area contributed by atoms with Crippen LogP contribution in [0.3, 0.4) is 0 Å². The molecule has 33 heavy (non-hydrogen) atoms. The Morgan fingerprint density at radius 2 is 1.97 bits per heavy atom. The quantitative estimate of drug-likeness (QED) is 0.600. The number of rotatable bonds is 8. The Bertz CT molecular complexity index is 924. The van der Waals surface area contributed by atoms with E-state index in [1.165, 1.54) is 6.42 Å². The van der Waals surface area contributed by atoms with Gasteiger partial charge < -0.3 is 19.9 Å². The van der Waals surface area contributed by atoms with Crippen molar-refractivity contribution in [1.29, 1.82) is 0 Å². The maximum Gasteiger partial charge on any atom is 0.252 e. The lowest BCUT2D eigenvalue weighted by Gasteiger charge is -2.37. The topological polar surface area (TPSA) is 78.7 Å². The first-order valence-corrected chi connectivity index (χ1v) is 12.7. The summed E-state index contributed by atoms with van der Waals surface area (Å²) in [6.07, 6.45) is 13.0. The Morgan fingerprint density at radius 1 is 1.15 bits per heavy atom. The number of unbranched alkanes of at least 4 members (excludes halogenated alkanes) is 1. The van der Waals surface area contributed by atoms with Crippen LogP contribution in [0.15, 0.2) is 30.7 Å². The van der Waals surface area contributed by atoms with Crippen molar-refractivity contribution in [3.63, 3.8) is 0 Å². The van der Waals surface area contributed by atoms with Gasteiger partial charge in [-0.05, 0) is 68.5 Å². The van der Waals surface area contributed by atoms with Gasteiger partial charge in [0, 0.05) is 38.2 Å². The average Bonchev–Trinajstić information content (AvgIpc) is 3.32. The molecule has 2 aliphatic heterocycles. The van der Waals surface area contributed by atoms with Gasteiger partial charge >= 0.3 is 0 Å². The third kappa shape index (κ3) is 6.14. The van der Waals surface area contributed by atoms with Crippen molar-refractivity contribution in [3.8, 4) is 0 Å². The maximum absolute atomic E-state index is 12.9. The molecule has 2 atom stereocenters. The molecule has 2 aromatic rings. The zero-order valence-corrected chi connectivity index (χ0v) is 20.1. The molecule has 2 unspecified atom stereocenters. The minimum Gasteiger partial charge on any atom is -0.352 e. The van der Waals surface area contributed by atoms with Gasteiger partial charge in [0.05, 0.1) is 11.6 Å². The fourth-order valence-corrected chi connectivity index (χ4v) is 5.24. The highest BCUT2D eigenvalue weighted by Crippen LogP contribution is 2.26. The lowest BCUT2D eigenvalue weighted by Crippen LogP contribution is -2.52. The summed E-state index contributed by atoms with van der Waals surface area (Å²) >= 11 is 0. The van der Waals surface area contributed by atoms with Crippen LogP contribution in [0, 0.1) is 17.8 Å². The number of carbonyl (C=O) groups is 2. The predicted molar refractivity (Wildman–Crippen MR) is 130 cm³/mol. The zero-order valence-electron chi connectivity index (χ0n) is 20.1. The molecular formula is C26H39N5O2. The van der Waals surface area contributed by atoms with Gasteiger partial charge in [-0.15, -0.1) is 0 Å². The van der Waals surface area contributed by atoms with Gasteiger partial charge in [-0.3, -0.25) is 9.59 Å². The van der Waals surface area contributed by atoms with Crippen LogP contribution in [-0.2, 0) is 4.79 Å². The first kappa shape index (κ1) is 23.7. The Hall–Kier alpha value is -2.41. The molecule has 2 saturated heterocycles. The lowest BCUT2D eigenvalue weighted by molar-refractivity contribution is -0.135. The van der Waals surface area contributed by atoms with Crippen LogP contribution in [0.25, 0.3) is 5.65 Å². The van der Waals surface area contributed by atoms with Crippen molar-refractivity contribution in [2.45, 2.75) is 64.8 Å². The number of fused-ring (bicyclic) bond motifs is 1. The summed E-state index contributed by atoms with van der Waals surface area (Å²) in [6.45, 7) is 8.00. The first-order valence-electron chi connectivity index (χ1n) is 12.7. The SMILES string of the molecule is CC(C)C1CCC(C(=O)N2CCC(CCCCNC(=O)c3ccc4nccn4c3)CC2)NC1. The molecule has 2 fully saturated rings. The number of nitrogens with one attached hydrogen (secondary N) is 2. The van der Waals surface area contributed by atoms with Crippen molar-refractivity contribution >= 4 is 17.5 Å². The van der Waals surface area contributed by atoms with E-state index in [0.717, 1.165) is 63.8 Å². The summed E-state index contributed by atoms with van der Waals surface area (Å²) in [5, 5.41) is 6.53. The Kier molecular flexibility index (Phi) is 8.02. The molecule has 2 aliphatic rings. The van der Waals surface area contributed by atoms with Gasteiger partial charge in [0.15, 0.2) is 0 Å². The van der Waals surface area contributed by atoms with E-state index in [4.69, 9.17) is 0 Å². The number of pyridine rings is 1. The summed E-state index contributed by atoms with van der Waals surface area (Å²) in [4.78, 5) is 31.5. The number of hydrogen-bond donors (Lipinski definition) is 2. The molecule has 0 radical (unpaired) electrons. The minimum absolute atomic E-state index is 0.0228. The molecule has 7 nitrogen and oxygen atoms in total. The highest BCUT2D eigenvalue weighted by molar-refractivity contribution is 5.94. The van der Waals surface area contributed by atoms with Crippen LogP contribution < -0.4 is 10.6 Å². The third-order valence-electron chi connectivity index (χ3n) is 7.60. The minimum atomic E-state index is -0.0338. The monoisotopic (exact) mass is 453 g/mol. The number of imidazole rings is 1. The molecule has 0 saturated carbocycles. The molecule has 0 aliphatic carbocycles. The van der Waals surface area contributed by atoms with Crippen molar-refractivity contribution in [1.82, 2.24) is 24.9 Å². The predicted octanol–water partition coefficient (Wildman–Crippen LogP) is 3.50. The molecule has 180 valence electrons. The number of aromatic nitrogens is 2. The van der Waals surface area contributed by atoms with Gasteiger partial charge in [0.1, 0.15) is 5.65 Å². The van der Waals surface area contributed by atoms with Crippen LogP contribution in [0.2, 0.25) is 0 Å². The van der Waals surface area contributed by atoms with E-state index in [1.807, 2.05) is 28.9 Å². The van der Waals surface area contributed by atoms with Gasteiger partial charge in [0.2, 0.25) is 5.91 Å². The molecule has 0 bridgehead atoms. The lowest BCUT2D eigenvalue weighted by atomic mass is 9.85. The highest BCUT2D eigenvalue weighted by atomic mass is 16.2. The summed E-state index contributed by atoms with van der Waals surface area (Å²) < 4.78 is 1.86. The second-order valence-corrected chi connectivity index (χ2v) is 10.2. The molecule has 2 amide bonds. The Balaban J connectivity index is 1.09. The maximum atomic E-state index is 12.9. The van der Waals surface area contributed by atoms with Crippen molar-refractivity contribution < 1.29 is 9.59 Å². The molecule has 4 heterocycles. The molecule has 2 N–H and O–H groups in total. The van der Waals surface area contributed by atoms with Gasteiger partial charge in [-0.1, -0.05) is 26.7 Å².